The molecule has 0 N–H and O–H groups in total. The molecule has 1 unspecified atom stereocenters. The molecule has 0 aliphatic carbocycles. The van der Waals surface area contributed by atoms with E-state index in [2.05, 4.69) is 70.7 Å². The third kappa shape index (κ3) is 6.67. The van der Waals surface area contributed by atoms with Gasteiger partial charge in [0, 0.05) is 12.6 Å². The van der Waals surface area contributed by atoms with Gasteiger partial charge in [-0.25, -0.2) is 0 Å². The van der Waals surface area contributed by atoms with Crippen molar-refractivity contribution in [2.24, 2.45) is 0 Å². The summed E-state index contributed by atoms with van der Waals surface area (Å²) >= 11 is 0. The number of carbonyl (C=O) groups excluding carboxylic acids is 1. The predicted octanol–water partition coefficient (Wildman–Crippen LogP) is 6.54. The smallest absolute Gasteiger partial charge is 0.468 e. The average molecular weight is 491 g/mol. The number of carbonyl (C=O) groups is 1. The van der Waals surface area contributed by atoms with Gasteiger partial charge in [-0.2, -0.15) is 0 Å². The molecule has 3 rings (SSSR count). The highest BCUT2D eigenvalue weighted by molar-refractivity contribution is 6.54. The van der Waals surface area contributed by atoms with Crippen LogP contribution in [-0.2, 0) is 25.4 Å². The molecule has 0 radical (unpaired) electrons. The Kier molecular flexibility index (Phi) is 9.56. The number of esters is 1. The summed E-state index contributed by atoms with van der Waals surface area (Å²) in [6.45, 7) is 13.1. The predicted molar refractivity (Wildman–Crippen MR) is 146 cm³/mol. The molecular weight excluding hydrogens is 449 g/mol. The van der Waals surface area contributed by atoms with Gasteiger partial charge >= 0.3 is 13.1 Å². The van der Waals surface area contributed by atoms with E-state index in [0.29, 0.717) is 6.54 Å². The zero-order valence-electron chi connectivity index (χ0n) is 23.0. The minimum absolute atomic E-state index is 0.0301. The SMILES string of the molecule is CCCC/C(=C\C(C(=O)OC)N(Cc1ccccc1)[C@@H](C)c1ccccc1)B1OC(C)(C)C(C)(C)O1. The van der Waals surface area contributed by atoms with E-state index >= 15 is 0 Å². The second-order valence-corrected chi connectivity index (χ2v) is 10.6. The minimum Gasteiger partial charge on any atom is -0.468 e. The first kappa shape index (κ1) is 28.2. The van der Waals surface area contributed by atoms with E-state index in [1.54, 1.807) is 0 Å². The lowest BCUT2D eigenvalue weighted by molar-refractivity contribution is -0.146. The first-order valence-corrected chi connectivity index (χ1v) is 13.1. The lowest BCUT2D eigenvalue weighted by Gasteiger charge is -2.34. The lowest BCUT2D eigenvalue weighted by Crippen LogP contribution is -2.42. The minimum atomic E-state index is -0.601. The third-order valence-electron chi connectivity index (χ3n) is 7.53. The average Bonchev–Trinajstić information content (AvgIpc) is 3.09. The van der Waals surface area contributed by atoms with Crippen LogP contribution < -0.4 is 0 Å². The Morgan fingerprint density at radius 2 is 1.56 bits per heavy atom. The molecule has 2 atom stereocenters. The van der Waals surface area contributed by atoms with Crippen molar-refractivity contribution in [3.8, 4) is 0 Å². The highest BCUT2D eigenvalue weighted by atomic mass is 16.7. The van der Waals surface area contributed by atoms with Crippen molar-refractivity contribution < 1.29 is 18.8 Å². The molecule has 0 saturated carbocycles. The van der Waals surface area contributed by atoms with E-state index in [1.165, 1.54) is 7.11 Å². The maximum atomic E-state index is 13.4. The second kappa shape index (κ2) is 12.2. The normalized spacial score (nSPS) is 18.8. The second-order valence-electron chi connectivity index (χ2n) is 10.6. The lowest BCUT2D eigenvalue weighted by atomic mass is 9.74. The number of nitrogens with zero attached hydrogens (tertiary/aromatic N) is 1. The van der Waals surface area contributed by atoms with Crippen molar-refractivity contribution in [2.45, 2.75) is 90.6 Å². The molecule has 2 aromatic carbocycles. The number of hydrogen-bond acceptors (Lipinski definition) is 5. The van der Waals surface area contributed by atoms with Crippen LogP contribution >= 0.6 is 0 Å². The molecular formula is C30H42BNO4. The summed E-state index contributed by atoms with van der Waals surface area (Å²) in [6, 6.07) is 19.9. The summed E-state index contributed by atoms with van der Waals surface area (Å²) in [5, 5.41) is 0. The molecule has 0 bridgehead atoms. The van der Waals surface area contributed by atoms with Crippen LogP contribution in [0.2, 0.25) is 0 Å². The quantitative estimate of drug-likeness (QED) is 0.264. The van der Waals surface area contributed by atoms with Gasteiger partial charge in [0.1, 0.15) is 6.04 Å². The molecule has 194 valence electrons. The van der Waals surface area contributed by atoms with Crippen LogP contribution in [0.15, 0.2) is 72.2 Å². The largest absolute Gasteiger partial charge is 0.490 e. The molecule has 0 amide bonds. The maximum absolute atomic E-state index is 13.4. The summed E-state index contributed by atoms with van der Waals surface area (Å²) in [5.74, 6) is -0.292. The molecule has 1 saturated heterocycles. The number of benzene rings is 2. The van der Waals surface area contributed by atoms with Crippen molar-refractivity contribution in [1.29, 1.82) is 0 Å². The maximum Gasteiger partial charge on any atom is 0.490 e. The summed E-state index contributed by atoms with van der Waals surface area (Å²) in [4.78, 5) is 15.6. The summed E-state index contributed by atoms with van der Waals surface area (Å²) in [7, 11) is 0.955. The van der Waals surface area contributed by atoms with Crippen molar-refractivity contribution in [3.63, 3.8) is 0 Å². The summed E-state index contributed by atoms with van der Waals surface area (Å²) < 4.78 is 18.2. The zero-order valence-corrected chi connectivity index (χ0v) is 23.0. The molecule has 1 fully saturated rings. The number of rotatable bonds is 11. The molecule has 1 aliphatic heterocycles. The van der Waals surface area contributed by atoms with E-state index in [4.69, 9.17) is 14.0 Å². The monoisotopic (exact) mass is 491 g/mol. The third-order valence-corrected chi connectivity index (χ3v) is 7.53. The molecule has 5 nitrogen and oxygen atoms in total. The van der Waals surface area contributed by atoms with Crippen LogP contribution in [0.3, 0.4) is 0 Å². The Morgan fingerprint density at radius 3 is 2.08 bits per heavy atom. The topological polar surface area (TPSA) is 48.0 Å². The summed E-state index contributed by atoms with van der Waals surface area (Å²) in [6.07, 6.45) is 4.84. The van der Waals surface area contributed by atoms with Crippen LogP contribution in [-0.4, -0.2) is 42.3 Å². The van der Waals surface area contributed by atoms with Crippen molar-refractivity contribution in [1.82, 2.24) is 4.90 Å². The number of hydrogen-bond donors (Lipinski definition) is 0. The van der Waals surface area contributed by atoms with Gasteiger partial charge in [0.05, 0.1) is 18.3 Å². The van der Waals surface area contributed by atoms with Gasteiger partial charge in [0.2, 0.25) is 0 Å². The Hall–Kier alpha value is -2.41. The van der Waals surface area contributed by atoms with Gasteiger partial charge in [0.25, 0.3) is 0 Å². The van der Waals surface area contributed by atoms with Gasteiger partial charge in [-0.15, -0.1) is 0 Å². The van der Waals surface area contributed by atoms with E-state index < -0.39 is 24.4 Å². The van der Waals surface area contributed by atoms with Gasteiger partial charge in [-0.3, -0.25) is 9.69 Å². The summed E-state index contributed by atoms with van der Waals surface area (Å²) in [5.41, 5.74) is 2.36. The molecule has 2 aromatic rings. The molecule has 1 aliphatic rings. The number of methoxy groups -OCH3 is 1. The molecule has 6 heteroatoms. The van der Waals surface area contributed by atoms with E-state index in [9.17, 15) is 4.79 Å². The standard InChI is InChI=1S/C30H42BNO4/c1-8-9-20-26(31-35-29(3,4)30(5,6)36-31)21-27(28(33)34-7)32(22-24-16-12-10-13-17-24)23(2)25-18-14-11-15-19-25/h10-19,21,23,27H,8-9,20,22H2,1-7H3/b26-21+/t23-,27?/m0/s1. The number of allylic oxidation sites excluding steroid dienone is 1. The molecule has 36 heavy (non-hydrogen) atoms. The van der Waals surface area contributed by atoms with Crippen LogP contribution in [0.1, 0.15) is 78.0 Å². The van der Waals surface area contributed by atoms with Gasteiger partial charge in [-0.1, -0.05) is 86.5 Å². The molecule has 0 spiro atoms. The zero-order chi connectivity index (χ0) is 26.3. The van der Waals surface area contributed by atoms with Crippen LogP contribution in [0.5, 0.6) is 0 Å². The van der Waals surface area contributed by atoms with E-state index in [0.717, 1.165) is 35.9 Å². The van der Waals surface area contributed by atoms with E-state index in [-0.39, 0.29) is 12.0 Å². The first-order chi connectivity index (χ1) is 17.1. The fourth-order valence-corrected chi connectivity index (χ4v) is 4.47. The Bertz CT molecular complexity index is 990. The highest BCUT2D eigenvalue weighted by Gasteiger charge is 2.52. The Balaban J connectivity index is 2.06. The fourth-order valence-electron chi connectivity index (χ4n) is 4.47. The Morgan fingerprint density at radius 1 is 1.00 bits per heavy atom. The van der Waals surface area contributed by atoms with Crippen molar-refractivity contribution in [2.75, 3.05) is 7.11 Å². The van der Waals surface area contributed by atoms with Crippen LogP contribution in [0.25, 0.3) is 0 Å². The first-order valence-electron chi connectivity index (χ1n) is 13.1. The van der Waals surface area contributed by atoms with Gasteiger partial charge in [-0.05, 0) is 57.6 Å². The van der Waals surface area contributed by atoms with Crippen molar-refractivity contribution in [3.05, 3.63) is 83.3 Å². The number of unbranched alkanes of at least 4 members (excludes halogenated alkanes) is 1. The number of ether oxygens (including phenoxy) is 1. The van der Waals surface area contributed by atoms with Gasteiger partial charge < -0.3 is 14.0 Å². The van der Waals surface area contributed by atoms with Crippen molar-refractivity contribution >= 4 is 13.1 Å². The highest BCUT2D eigenvalue weighted by Crippen LogP contribution is 2.40. The van der Waals surface area contributed by atoms with Crippen LogP contribution in [0.4, 0.5) is 0 Å². The molecule has 0 aromatic heterocycles. The fraction of sp³-hybridized carbons (Fsp3) is 0.500. The van der Waals surface area contributed by atoms with E-state index in [1.807, 2.05) is 42.5 Å². The molecule has 1 heterocycles. The Labute approximate surface area is 218 Å². The van der Waals surface area contributed by atoms with Crippen LogP contribution in [0, 0.1) is 0 Å². The van der Waals surface area contributed by atoms with Gasteiger partial charge in [0.15, 0.2) is 0 Å².